The van der Waals surface area contributed by atoms with E-state index in [1.807, 2.05) is 24.3 Å². The fourth-order valence-corrected chi connectivity index (χ4v) is 3.31. The molecular formula is C17H21NO4. The Balaban J connectivity index is 1.69. The van der Waals surface area contributed by atoms with Crippen LogP contribution in [0.15, 0.2) is 24.3 Å². The van der Waals surface area contributed by atoms with Gasteiger partial charge in [0, 0.05) is 26.0 Å². The lowest BCUT2D eigenvalue weighted by Gasteiger charge is -2.34. The standard InChI is InChI=1S/C17H21NO4/c19-16(8-7-14-6-3-9-22-14)18-11-13-5-2-1-4-12(13)10-15(18)17(20)21/h1-2,4-5,14-15H,3,6-11H2,(H,20,21)/t14-,15+/m1/s1. The summed E-state index contributed by atoms with van der Waals surface area (Å²) in [6.07, 6.45) is 3.63. The number of carbonyl (C=O) groups is 2. The van der Waals surface area contributed by atoms with E-state index >= 15 is 0 Å². The minimum atomic E-state index is -0.931. The van der Waals surface area contributed by atoms with Crippen molar-refractivity contribution in [3.05, 3.63) is 35.4 Å². The highest BCUT2D eigenvalue weighted by molar-refractivity contribution is 5.84. The monoisotopic (exact) mass is 303 g/mol. The molecule has 1 amide bonds. The highest BCUT2D eigenvalue weighted by atomic mass is 16.5. The van der Waals surface area contributed by atoms with Crippen molar-refractivity contribution >= 4 is 11.9 Å². The van der Waals surface area contributed by atoms with Gasteiger partial charge in [0.2, 0.25) is 5.91 Å². The molecule has 0 saturated carbocycles. The van der Waals surface area contributed by atoms with Gasteiger partial charge in [-0.25, -0.2) is 4.79 Å². The van der Waals surface area contributed by atoms with E-state index in [-0.39, 0.29) is 12.0 Å². The quantitative estimate of drug-likeness (QED) is 0.923. The third-order valence-corrected chi connectivity index (χ3v) is 4.56. The van der Waals surface area contributed by atoms with E-state index in [1.165, 1.54) is 4.90 Å². The maximum Gasteiger partial charge on any atom is 0.326 e. The molecule has 2 aliphatic heterocycles. The van der Waals surface area contributed by atoms with Gasteiger partial charge in [-0.05, 0) is 30.4 Å². The van der Waals surface area contributed by atoms with Crippen LogP contribution in [0.3, 0.4) is 0 Å². The zero-order valence-electron chi connectivity index (χ0n) is 12.5. The Morgan fingerprint density at radius 2 is 2.05 bits per heavy atom. The number of carboxylic acids is 1. The average Bonchev–Trinajstić information content (AvgIpc) is 3.04. The molecule has 0 aliphatic carbocycles. The number of carbonyl (C=O) groups excluding carboxylic acids is 1. The van der Waals surface area contributed by atoms with Gasteiger partial charge in [-0.3, -0.25) is 4.79 Å². The minimum absolute atomic E-state index is 0.0857. The zero-order valence-corrected chi connectivity index (χ0v) is 12.5. The fourth-order valence-electron chi connectivity index (χ4n) is 3.31. The summed E-state index contributed by atoms with van der Waals surface area (Å²) in [5.41, 5.74) is 2.07. The van der Waals surface area contributed by atoms with Crippen molar-refractivity contribution in [2.75, 3.05) is 6.61 Å². The number of amides is 1. The maximum atomic E-state index is 12.5. The second-order valence-electron chi connectivity index (χ2n) is 6.02. The second kappa shape index (κ2) is 6.48. The van der Waals surface area contributed by atoms with E-state index in [1.54, 1.807) is 0 Å². The van der Waals surface area contributed by atoms with Crippen molar-refractivity contribution in [1.82, 2.24) is 4.90 Å². The number of rotatable bonds is 4. The SMILES string of the molecule is O=C(O)[C@@H]1Cc2ccccc2CN1C(=O)CC[C@H]1CCCO1. The molecule has 1 aromatic carbocycles. The third kappa shape index (κ3) is 3.14. The number of hydrogen-bond donors (Lipinski definition) is 1. The molecule has 0 radical (unpaired) electrons. The third-order valence-electron chi connectivity index (χ3n) is 4.56. The Bertz CT molecular complexity index is 566. The Morgan fingerprint density at radius 3 is 2.73 bits per heavy atom. The maximum absolute atomic E-state index is 12.5. The molecule has 1 aromatic rings. The lowest BCUT2D eigenvalue weighted by molar-refractivity contribution is -0.151. The lowest BCUT2D eigenvalue weighted by Crippen LogP contribution is -2.48. The predicted molar refractivity (Wildman–Crippen MR) is 80.3 cm³/mol. The van der Waals surface area contributed by atoms with Crippen LogP contribution in [0.25, 0.3) is 0 Å². The summed E-state index contributed by atoms with van der Waals surface area (Å²) in [5, 5.41) is 9.44. The smallest absolute Gasteiger partial charge is 0.326 e. The Labute approximate surface area is 129 Å². The van der Waals surface area contributed by atoms with Crippen LogP contribution in [0.5, 0.6) is 0 Å². The number of ether oxygens (including phenoxy) is 1. The molecule has 5 nitrogen and oxygen atoms in total. The van der Waals surface area contributed by atoms with Crippen molar-refractivity contribution in [2.24, 2.45) is 0 Å². The first kappa shape index (κ1) is 15.0. The molecule has 22 heavy (non-hydrogen) atoms. The van der Waals surface area contributed by atoms with Crippen LogP contribution in [-0.2, 0) is 27.3 Å². The Kier molecular flexibility index (Phi) is 4.43. The van der Waals surface area contributed by atoms with E-state index < -0.39 is 12.0 Å². The predicted octanol–water partition coefficient (Wildman–Crippen LogP) is 1.98. The van der Waals surface area contributed by atoms with Crippen LogP contribution in [0.2, 0.25) is 0 Å². The van der Waals surface area contributed by atoms with Crippen molar-refractivity contribution in [1.29, 1.82) is 0 Å². The fraction of sp³-hybridized carbons (Fsp3) is 0.529. The molecule has 0 spiro atoms. The Morgan fingerprint density at radius 1 is 1.27 bits per heavy atom. The van der Waals surface area contributed by atoms with E-state index in [4.69, 9.17) is 4.74 Å². The molecule has 3 rings (SSSR count). The van der Waals surface area contributed by atoms with Crippen LogP contribution >= 0.6 is 0 Å². The molecule has 1 N–H and O–H groups in total. The van der Waals surface area contributed by atoms with Gasteiger partial charge in [0.05, 0.1) is 6.10 Å². The number of carboxylic acid groups (broad SMARTS) is 1. The summed E-state index contributed by atoms with van der Waals surface area (Å²) >= 11 is 0. The van der Waals surface area contributed by atoms with Gasteiger partial charge in [-0.15, -0.1) is 0 Å². The summed E-state index contributed by atoms with van der Waals surface area (Å²) < 4.78 is 5.53. The summed E-state index contributed by atoms with van der Waals surface area (Å²) in [5.74, 6) is -1.02. The van der Waals surface area contributed by atoms with Gasteiger partial charge in [0.1, 0.15) is 6.04 Å². The first-order chi connectivity index (χ1) is 10.6. The van der Waals surface area contributed by atoms with Crippen molar-refractivity contribution < 1.29 is 19.4 Å². The average molecular weight is 303 g/mol. The molecule has 0 unspecified atom stereocenters. The molecule has 2 aliphatic rings. The number of fused-ring (bicyclic) bond motifs is 1. The molecule has 2 atom stereocenters. The van der Waals surface area contributed by atoms with Crippen molar-refractivity contribution in [3.8, 4) is 0 Å². The van der Waals surface area contributed by atoms with Crippen LogP contribution in [-0.4, -0.2) is 40.6 Å². The van der Waals surface area contributed by atoms with Crippen LogP contribution < -0.4 is 0 Å². The summed E-state index contributed by atoms with van der Waals surface area (Å²) in [6.45, 7) is 1.16. The molecule has 2 heterocycles. The van der Waals surface area contributed by atoms with Crippen molar-refractivity contribution in [3.63, 3.8) is 0 Å². The van der Waals surface area contributed by atoms with E-state index in [2.05, 4.69) is 0 Å². The summed E-state index contributed by atoms with van der Waals surface area (Å²) in [7, 11) is 0. The normalized spacial score (nSPS) is 24.1. The van der Waals surface area contributed by atoms with E-state index in [9.17, 15) is 14.7 Å². The highest BCUT2D eigenvalue weighted by Crippen LogP contribution is 2.25. The number of hydrogen-bond acceptors (Lipinski definition) is 3. The summed E-state index contributed by atoms with van der Waals surface area (Å²) in [6, 6.07) is 6.99. The van der Waals surface area contributed by atoms with Gasteiger partial charge in [0.25, 0.3) is 0 Å². The first-order valence-electron chi connectivity index (χ1n) is 7.86. The molecule has 0 aromatic heterocycles. The van der Waals surface area contributed by atoms with Crippen LogP contribution in [0.1, 0.15) is 36.8 Å². The van der Waals surface area contributed by atoms with Gasteiger partial charge in [-0.2, -0.15) is 0 Å². The highest BCUT2D eigenvalue weighted by Gasteiger charge is 2.34. The number of aliphatic carboxylic acids is 1. The van der Waals surface area contributed by atoms with Gasteiger partial charge >= 0.3 is 5.97 Å². The Hall–Kier alpha value is -1.88. The molecular weight excluding hydrogens is 282 g/mol. The number of benzene rings is 1. The molecule has 0 bridgehead atoms. The topological polar surface area (TPSA) is 66.8 Å². The molecule has 5 heteroatoms. The molecule has 1 fully saturated rings. The van der Waals surface area contributed by atoms with Gasteiger partial charge in [-0.1, -0.05) is 24.3 Å². The molecule has 1 saturated heterocycles. The minimum Gasteiger partial charge on any atom is -0.480 e. The van der Waals surface area contributed by atoms with E-state index in [0.29, 0.717) is 25.8 Å². The largest absolute Gasteiger partial charge is 0.480 e. The van der Waals surface area contributed by atoms with E-state index in [0.717, 1.165) is 30.6 Å². The van der Waals surface area contributed by atoms with Gasteiger partial charge in [0.15, 0.2) is 0 Å². The van der Waals surface area contributed by atoms with Gasteiger partial charge < -0.3 is 14.7 Å². The lowest BCUT2D eigenvalue weighted by atomic mass is 9.93. The second-order valence-corrected chi connectivity index (χ2v) is 6.02. The number of nitrogens with zero attached hydrogens (tertiary/aromatic N) is 1. The van der Waals surface area contributed by atoms with Crippen LogP contribution in [0, 0.1) is 0 Å². The first-order valence-corrected chi connectivity index (χ1v) is 7.86. The zero-order chi connectivity index (χ0) is 15.5. The molecule has 118 valence electrons. The van der Waals surface area contributed by atoms with Crippen molar-refractivity contribution in [2.45, 2.75) is 50.8 Å². The summed E-state index contributed by atoms with van der Waals surface area (Å²) in [4.78, 5) is 25.5. The van der Waals surface area contributed by atoms with Crippen LogP contribution in [0.4, 0.5) is 0 Å².